The summed E-state index contributed by atoms with van der Waals surface area (Å²) in [6.45, 7) is 8.02. The third-order valence-electron chi connectivity index (χ3n) is 4.52. The summed E-state index contributed by atoms with van der Waals surface area (Å²) >= 11 is 3.63. The van der Waals surface area contributed by atoms with Crippen molar-refractivity contribution in [3.63, 3.8) is 0 Å². The minimum absolute atomic E-state index is 0.298. The summed E-state index contributed by atoms with van der Waals surface area (Å²) in [7, 11) is 0. The summed E-state index contributed by atoms with van der Waals surface area (Å²) in [5.74, 6) is 0.876. The van der Waals surface area contributed by atoms with Gasteiger partial charge in [0.15, 0.2) is 0 Å². The van der Waals surface area contributed by atoms with Crippen molar-refractivity contribution >= 4 is 21.6 Å². The van der Waals surface area contributed by atoms with Crippen LogP contribution in [0.3, 0.4) is 0 Å². The van der Waals surface area contributed by atoms with E-state index in [1.165, 1.54) is 35.0 Å². The van der Waals surface area contributed by atoms with Crippen LogP contribution in [-0.4, -0.2) is 25.2 Å². The van der Waals surface area contributed by atoms with Crippen LogP contribution < -0.4 is 10.2 Å². The molecule has 3 heteroatoms. The molecule has 2 fully saturated rings. The van der Waals surface area contributed by atoms with E-state index in [4.69, 9.17) is 0 Å². The van der Waals surface area contributed by atoms with Crippen LogP contribution in [0.4, 0.5) is 5.69 Å². The van der Waals surface area contributed by atoms with Gasteiger partial charge >= 0.3 is 0 Å². The molecule has 1 N–H and O–H groups in total. The van der Waals surface area contributed by atoms with Crippen LogP contribution in [0.5, 0.6) is 0 Å². The number of halogens is 1. The number of aryl methyl sites for hydroxylation is 1. The van der Waals surface area contributed by atoms with Crippen LogP contribution in [-0.2, 0) is 0 Å². The van der Waals surface area contributed by atoms with Gasteiger partial charge in [-0.25, -0.2) is 0 Å². The van der Waals surface area contributed by atoms with Crippen LogP contribution in [0.15, 0.2) is 22.7 Å². The zero-order valence-corrected chi connectivity index (χ0v) is 13.5. The van der Waals surface area contributed by atoms with Gasteiger partial charge < -0.3 is 10.2 Å². The van der Waals surface area contributed by atoms with Gasteiger partial charge in [0.1, 0.15) is 0 Å². The van der Waals surface area contributed by atoms with E-state index in [0.29, 0.717) is 5.54 Å². The highest BCUT2D eigenvalue weighted by Crippen LogP contribution is 2.41. The second kappa shape index (κ2) is 5.10. The average Bonchev–Trinajstić information content (AvgIpc) is 3.13. The van der Waals surface area contributed by atoms with Crippen LogP contribution >= 0.6 is 15.9 Å². The lowest BCUT2D eigenvalue weighted by atomic mass is 9.95. The summed E-state index contributed by atoms with van der Waals surface area (Å²) < 4.78 is 1.19. The van der Waals surface area contributed by atoms with Crippen LogP contribution in [0.25, 0.3) is 0 Å². The second-order valence-corrected chi connectivity index (χ2v) is 7.30. The molecule has 0 spiro atoms. The van der Waals surface area contributed by atoms with Crippen molar-refractivity contribution in [3.8, 4) is 0 Å². The molecule has 0 aromatic heterocycles. The van der Waals surface area contributed by atoms with E-state index in [2.05, 4.69) is 58.2 Å². The smallest absolute Gasteiger partial charge is 0.0380 e. The number of hydrogen-bond acceptors (Lipinski definition) is 2. The van der Waals surface area contributed by atoms with E-state index in [9.17, 15) is 0 Å². The Morgan fingerprint density at radius 3 is 2.79 bits per heavy atom. The number of anilines is 1. The average molecular weight is 323 g/mol. The van der Waals surface area contributed by atoms with Crippen molar-refractivity contribution in [1.29, 1.82) is 0 Å². The molecule has 0 bridgehead atoms. The molecular weight excluding hydrogens is 300 g/mol. The molecule has 1 saturated carbocycles. The first kappa shape index (κ1) is 13.4. The van der Waals surface area contributed by atoms with Gasteiger partial charge in [0.05, 0.1) is 0 Å². The Labute approximate surface area is 124 Å². The first-order valence-corrected chi connectivity index (χ1v) is 8.13. The van der Waals surface area contributed by atoms with Gasteiger partial charge in [0.2, 0.25) is 0 Å². The highest BCUT2D eigenvalue weighted by atomic mass is 79.9. The molecule has 1 aliphatic carbocycles. The largest absolute Gasteiger partial charge is 0.370 e. The van der Waals surface area contributed by atoms with E-state index in [-0.39, 0.29) is 0 Å². The third-order valence-corrected chi connectivity index (χ3v) is 4.98. The summed E-state index contributed by atoms with van der Waals surface area (Å²) in [5.41, 5.74) is 2.99. The van der Waals surface area contributed by atoms with E-state index in [0.717, 1.165) is 25.6 Å². The summed E-state index contributed by atoms with van der Waals surface area (Å²) in [6, 6.07) is 6.74. The molecule has 104 valence electrons. The molecule has 0 amide bonds. The molecule has 2 aliphatic rings. The maximum absolute atomic E-state index is 3.80. The number of rotatable bonds is 2. The number of hydrogen-bond donors (Lipinski definition) is 1. The van der Waals surface area contributed by atoms with E-state index in [1.54, 1.807) is 0 Å². The highest BCUT2D eigenvalue weighted by Gasteiger charge is 2.43. The molecule has 2 nitrogen and oxygen atoms in total. The maximum Gasteiger partial charge on any atom is 0.0380 e. The monoisotopic (exact) mass is 322 g/mol. The van der Waals surface area contributed by atoms with E-state index in [1.807, 2.05) is 0 Å². The normalized spacial score (nSPS) is 28.3. The van der Waals surface area contributed by atoms with Crippen molar-refractivity contribution in [2.24, 2.45) is 5.92 Å². The lowest BCUT2D eigenvalue weighted by molar-refractivity contribution is 0.331. The topological polar surface area (TPSA) is 15.3 Å². The SMILES string of the molecule is Cc1cc(Br)cc(N2CCCNC(C)(C3CC3)C2)c1. The van der Waals surface area contributed by atoms with E-state index < -0.39 is 0 Å². The molecule has 1 heterocycles. The van der Waals surface area contributed by atoms with Gasteiger partial charge in [0.25, 0.3) is 0 Å². The van der Waals surface area contributed by atoms with Crippen LogP contribution in [0, 0.1) is 12.8 Å². The van der Waals surface area contributed by atoms with Crippen LogP contribution in [0.1, 0.15) is 31.7 Å². The minimum Gasteiger partial charge on any atom is -0.370 e. The first-order valence-electron chi connectivity index (χ1n) is 7.34. The predicted octanol–water partition coefficient (Wildman–Crippen LogP) is 3.73. The van der Waals surface area contributed by atoms with Gasteiger partial charge in [-0.05, 0) is 69.3 Å². The molecule has 1 aliphatic heterocycles. The molecule has 1 unspecified atom stereocenters. The van der Waals surface area contributed by atoms with Crippen molar-refractivity contribution in [2.45, 2.75) is 38.6 Å². The minimum atomic E-state index is 0.298. The highest BCUT2D eigenvalue weighted by molar-refractivity contribution is 9.10. The van der Waals surface area contributed by atoms with Crippen molar-refractivity contribution in [3.05, 3.63) is 28.2 Å². The Morgan fingerprint density at radius 1 is 1.32 bits per heavy atom. The van der Waals surface area contributed by atoms with Crippen LogP contribution in [0.2, 0.25) is 0 Å². The Morgan fingerprint density at radius 2 is 2.11 bits per heavy atom. The quantitative estimate of drug-likeness (QED) is 0.892. The molecule has 1 atom stereocenters. The lowest BCUT2D eigenvalue weighted by Gasteiger charge is -2.35. The summed E-state index contributed by atoms with van der Waals surface area (Å²) in [5, 5.41) is 3.80. The Bertz CT molecular complexity index is 450. The van der Waals surface area contributed by atoms with Crippen molar-refractivity contribution in [1.82, 2.24) is 5.32 Å². The molecule has 1 aromatic carbocycles. The molecule has 1 saturated heterocycles. The molecule has 0 radical (unpaired) electrons. The fraction of sp³-hybridized carbons (Fsp3) is 0.625. The Hall–Kier alpha value is -0.540. The van der Waals surface area contributed by atoms with Crippen molar-refractivity contribution in [2.75, 3.05) is 24.5 Å². The standard InChI is InChI=1S/C16H23BrN2/c1-12-8-14(17)10-15(9-12)19-7-3-6-18-16(2,11-19)13-4-5-13/h8-10,13,18H,3-7,11H2,1-2H3. The molecule has 3 rings (SSSR count). The Kier molecular flexibility index (Phi) is 3.61. The van der Waals surface area contributed by atoms with Gasteiger partial charge in [0, 0.05) is 28.8 Å². The van der Waals surface area contributed by atoms with Crippen molar-refractivity contribution < 1.29 is 0 Å². The number of nitrogens with zero attached hydrogens (tertiary/aromatic N) is 1. The zero-order chi connectivity index (χ0) is 13.5. The molecular formula is C16H23BrN2. The second-order valence-electron chi connectivity index (χ2n) is 6.38. The van der Waals surface area contributed by atoms with Gasteiger partial charge in [-0.3, -0.25) is 0 Å². The van der Waals surface area contributed by atoms with Gasteiger partial charge in [-0.2, -0.15) is 0 Å². The first-order chi connectivity index (χ1) is 9.07. The summed E-state index contributed by atoms with van der Waals surface area (Å²) in [6.07, 6.45) is 4.03. The Balaban J connectivity index is 1.85. The predicted molar refractivity (Wildman–Crippen MR) is 84.8 cm³/mol. The number of nitrogens with one attached hydrogen (secondary N) is 1. The van der Waals surface area contributed by atoms with Gasteiger partial charge in [-0.15, -0.1) is 0 Å². The lowest BCUT2D eigenvalue weighted by Crippen LogP contribution is -2.51. The maximum atomic E-state index is 3.80. The fourth-order valence-electron chi connectivity index (χ4n) is 3.29. The van der Waals surface area contributed by atoms with E-state index >= 15 is 0 Å². The van der Waals surface area contributed by atoms with Gasteiger partial charge in [-0.1, -0.05) is 15.9 Å². The summed E-state index contributed by atoms with van der Waals surface area (Å²) in [4.78, 5) is 2.57. The number of benzene rings is 1. The third kappa shape index (κ3) is 2.97. The molecule has 19 heavy (non-hydrogen) atoms. The fourth-order valence-corrected chi connectivity index (χ4v) is 3.88. The zero-order valence-electron chi connectivity index (χ0n) is 11.9. The molecule has 1 aromatic rings.